The van der Waals surface area contributed by atoms with Crippen LogP contribution in [0.25, 0.3) is 0 Å². The molecule has 1 heterocycles. The number of carboxylic acid groups (broad SMARTS) is 1. The van der Waals surface area contributed by atoms with Crippen LogP contribution < -0.4 is 5.32 Å². The summed E-state index contributed by atoms with van der Waals surface area (Å²) in [6.45, 7) is 2.14. The molecule has 0 saturated heterocycles. The minimum atomic E-state index is -0.883. The first-order valence-corrected chi connectivity index (χ1v) is 3.53. The van der Waals surface area contributed by atoms with Crippen LogP contribution in [0.1, 0.15) is 11.5 Å². The lowest BCUT2D eigenvalue weighted by atomic mass is 10.4. The fourth-order valence-corrected chi connectivity index (χ4v) is 0.792. The highest BCUT2D eigenvalue weighted by atomic mass is 16.5. The largest absolute Gasteiger partial charge is 0.480 e. The zero-order valence-corrected chi connectivity index (χ0v) is 6.70. The van der Waals surface area contributed by atoms with Crippen molar-refractivity contribution >= 4 is 5.97 Å². The molecule has 0 aliphatic carbocycles. The van der Waals surface area contributed by atoms with E-state index in [2.05, 4.69) is 10.5 Å². The molecule has 0 spiro atoms. The third-order valence-corrected chi connectivity index (χ3v) is 1.25. The molecule has 0 radical (unpaired) electrons. The van der Waals surface area contributed by atoms with Crippen LogP contribution in [0.4, 0.5) is 0 Å². The highest BCUT2D eigenvalue weighted by Gasteiger charge is 2.00. The topological polar surface area (TPSA) is 75.4 Å². The van der Waals surface area contributed by atoms with Gasteiger partial charge in [0.2, 0.25) is 0 Å². The Balaban J connectivity index is 2.29. The molecular weight excluding hydrogens is 160 g/mol. The van der Waals surface area contributed by atoms with Gasteiger partial charge < -0.3 is 9.63 Å². The van der Waals surface area contributed by atoms with Gasteiger partial charge in [0.15, 0.2) is 5.76 Å². The Morgan fingerprint density at radius 3 is 3.08 bits per heavy atom. The lowest BCUT2D eigenvalue weighted by molar-refractivity contribution is -0.136. The van der Waals surface area contributed by atoms with Crippen molar-refractivity contribution in [3.05, 3.63) is 17.5 Å². The lowest BCUT2D eigenvalue weighted by Crippen LogP contribution is -2.21. The first-order valence-electron chi connectivity index (χ1n) is 3.53. The molecule has 0 aliphatic rings. The molecule has 0 saturated carbocycles. The molecule has 5 heteroatoms. The van der Waals surface area contributed by atoms with Gasteiger partial charge in [0, 0.05) is 6.07 Å². The molecule has 1 rings (SSSR count). The zero-order chi connectivity index (χ0) is 8.97. The van der Waals surface area contributed by atoms with Crippen LogP contribution in [0.15, 0.2) is 10.6 Å². The van der Waals surface area contributed by atoms with E-state index in [0.717, 1.165) is 5.69 Å². The maximum absolute atomic E-state index is 10.1. The number of nitrogens with zero attached hydrogens (tertiary/aromatic N) is 1. The van der Waals surface area contributed by atoms with Gasteiger partial charge in [0.05, 0.1) is 18.8 Å². The van der Waals surface area contributed by atoms with Gasteiger partial charge in [-0.15, -0.1) is 0 Å². The fraction of sp³-hybridized carbons (Fsp3) is 0.429. The summed E-state index contributed by atoms with van der Waals surface area (Å²) in [5, 5.41) is 14.6. The lowest BCUT2D eigenvalue weighted by Gasteiger charge is -1.95. The van der Waals surface area contributed by atoms with E-state index in [-0.39, 0.29) is 6.54 Å². The van der Waals surface area contributed by atoms with Crippen molar-refractivity contribution in [2.75, 3.05) is 6.54 Å². The number of hydrogen-bond donors (Lipinski definition) is 2. The highest BCUT2D eigenvalue weighted by Crippen LogP contribution is 2.00. The van der Waals surface area contributed by atoms with E-state index in [0.29, 0.717) is 12.3 Å². The highest BCUT2D eigenvalue weighted by molar-refractivity contribution is 5.68. The third kappa shape index (κ3) is 2.71. The minimum absolute atomic E-state index is 0.0697. The van der Waals surface area contributed by atoms with Gasteiger partial charge in [-0.2, -0.15) is 0 Å². The fourth-order valence-electron chi connectivity index (χ4n) is 0.792. The zero-order valence-electron chi connectivity index (χ0n) is 6.70. The Morgan fingerprint density at radius 1 is 1.83 bits per heavy atom. The second kappa shape index (κ2) is 3.87. The molecule has 0 atom stereocenters. The molecule has 0 aromatic carbocycles. The molecule has 2 N–H and O–H groups in total. The average molecular weight is 170 g/mol. The molecule has 12 heavy (non-hydrogen) atoms. The summed E-state index contributed by atoms with van der Waals surface area (Å²) >= 11 is 0. The molecule has 0 amide bonds. The van der Waals surface area contributed by atoms with Crippen molar-refractivity contribution in [1.82, 2.24) is 10.5 Å². The first kappa shape index (κ1) is 8.73. The standard InChI is InChI=1S/C7H10N2O3/c1-5-2-6(12-9-5)3-8-4-7(10)11/h2,8H,3-4H2,1H3,(H,10,11). The monoisotopic (exact) mass is 170 g/mol. The van der Waals surface area contributed by atoms with Gasteiger partial charge >= 0.3 is 5.97 Å². The third-order valence-electron chi connectivity index (χ3n) is 1.25. The molecule has 1 aromatic rings. The van der Waals surface area contributed by atoms with E-state index in [1.165, 1.54) is 0 Å². The number of aryl methyl sites for hydroxylation is 1. The van der Waals surface area contributed by atoms with Crippen LogP contribution in [0.3, 0.4) is 0 Å². The summed E-state index contributed by atoms with van der Waals surface area (Å²) in [4.78, 5) is 10.1. The molecule has 0 aliphatic heterocycles. The number of rotatable bonds is 4. The van der Waals surface area contributed by atoms with Gasteiger partial charge in [0.1, 0.15) is 0 Å². The summed E-state index contributed by atoms with van der Waals surface area (Å²) < 4.78 is 4.84. The minimum Gasteiger partial charge on any atom is -0.480 e. The Labute approximate surface area is 69.4 Å². The van der Waals surface area contributed by atoms with E-state index >= 15 is 0 Å². The Morgan fingerprint density at radius 2 is 2.58 bits per heavy atom. The molecule has 0 unspecified atom stereocenters. The van der Waals surface area contributed by atoms with Gasteiger partial charge in [-0.25, -0.2) is 0 Å². The van der Waals surface area contributed by atoms with Crippen molar-refractivity contribution in [3.63, 3.8) is 0 Å². The smallest absolute Gasteiger partial charge is 0.317 e. The number of hydrogen-bond acceptors (Lipinski definition) is 4. The second-order valence-corrected chi connectivity index (χ2v) is 2.43. The molecule has 5 nitrogen and oxygen atoms in total. The Bertz CT molecular complexity index is 269. The number of aliphatic carboxylic acids is 1. The van der Waals surface area contributed by atoms with Crippen molar-refractivity contribution in [2.24, 2.45) is 0 Å². The SMILES string of the molecule is Cc1cc(CNCC(=O)O)on1. The number of carboxylic acids is 1. The van der Waals surface area contributed by atoms with Crippen LogP contribution in [0.2, 0.25) is 0 Å². The first-order chi connectivity index (χ1) is 5.68. The maximum Gasteiger partial charge on any atom is 0.317 e. The summed E-state index contributed by atoms with van der Waals surface area (Å²) in [5.74, 6) is -0.236. The van der Waals surface area contributed by atoms with Crippen molar-refractivity contribution in [2.45, 2.75) is 13.5 Å². The van der Waals surface area contributed by atoms with Crippen LogP contribution in [0.5, 0.6) is 0 Å². The average Bonchev–Trinajstić information content (AvgIpc) is 2.35. The summed E-state index contributed by atoms with van der Waals surface area (Å²) in [5.41, 5.74) is 0.794. The van der Waals surface area contributed by atoms with Gasteiger partial charge in [-0.05, 0) is 6.92 Å². The number of carbonyl (C=O) groups is 1. The van der Waals surface area contributed by atoms with Crippen LogP contribution in [-0.2, 0) is 11.3 Å². The van der Waals surface area contributed by atoms with Crippen LogP contribution in [-0.4, -0.2) is 22.8 Å². The summed E-state index contributed by atoms with van der Waals surface area (Å²) in [7, 11) is 0. The maximum atomic E-state index is 10.1. The predicted octanol–water partition coefficient (Wildman–Crippen LogP) is 0.157. The van der Waals surface area contributed by atoms with E-state index in [9.17, 15) is 4.79 Å². The van der Waals surface area contributed by atoms with Crippen molar-refractivity contribution in [3.8, 4) is 0 Å². The van der Waals surface area contributed by atoms with Crippen LogP contribution >= 0.6 is 0 Å². The predicted molar refractivity (Wildman–Crippen MR) is 40.6 cm³/mol. The van der Waals surface area contributed by atoms with Crippen LogP contribution in [0, 0.1) is 6.92 Å². The van der Waals surface area contributed by atoms with E-state index < -0.39 is 5.97 Å². The summed E-state index contributed by atoms with van der Waals surface area (Å²) in [6.07, 6.45) is 0. The van der Waals surface area contributed by atoms with Crippen molar-refractivity contribution in [1.29, 1.82) is 0 Å². The van der Waals surface area contributed by atoms with E-state index in [4.69, 9.17) is 9.63 Å². The molecule has 0 bridgehead atoms. The molecular formula is C7H10N2O3. The van der Waals surface area contributed by atoms with E-state index in [1.54, 1.807) is 6.07 Å². The van der Waals surface area contributed by atoms with Gasteiger partial charge in [0.25, 0.3) is 0 Å². The molecule has 1 aromatic heterocycles. The normalized spacial score (nSPS) is 10.1. The summed E-state index contributed by atoms with van der Waals surface area (Å²) in [6, 6.07) is 1.76. The number of nitrogens with one attached hydrogen (secondary N) is 1. The Hall–Kier alpha value is -1.36. The van der Waals surface area contributed by atoms with Gasteiger partial charge in [-0.3, -0.25) is 10.1 Å². The number of aromatic nitrogens is 1. The van der Waals surface area contributed by atoms with Gasteiger partial charge in [-0.1, -0.05) is 5.16 Å². The quantitative estimate of drug-likeness (QED) is 0.673. The van der Waals surface area contributed by atoms with E-state index in [1.807, 2.05) is 6.92 Å². The van der Waals surface area contributed by atoms with Crippen molar-refractivity contribution < 1.29 is 14.4 Å². The Kier molecular flexibility index (Phi) is 2.82. The second-order valence-electron chi connectivity index (χ2n) is 2.43. The molecule has 0 fully saturated rings. The molecule has 66 valence electrons.